The molecule has 0 atom stereocenters. The van der Waals surface area contributed by atoms with Crippen LogP contribution in [0.25, 0.3) is 38.6 Å². The summed E-state index contributed by atoms with van der Waals surface area (Å²) in [4.78, 5) is 13.4. The SMILES string of the molecule is CNc1ncc(-c2ccc3ncc4c(C)nn(-c5ccc(C(C)(C)C#N)cc5)c4c3c2)cn1. The first-order chi connectivity index (χ1) is 15.9. The zero-order chi connectivity index (χ0) is 23.2. The van der Waals surface area contributed by atoms with Gasteiger partial charge in [0.05, 0.1) is 33.9 Å². The van der Waals surface area contributed by atoms with Crippen molar-refractivity contribution in [2.24, 2.45) is 0 Å². The Bertz CT molecular complexity index is 1520. The first kappa shape index (κ1) is 20.6. The number of nitriles is 1. The van der Waals surface area contributed by atoms with Crippen LogP contribution in [-0.4, -0.2) is 31.8 Å². The lowest BCUT2D eigenvalue weighted by Crippen LogP contribution is -2.13. The van der Waals surface area contributed by atoms with E-state index in [1.54, 1.807) is 7.05 Å². The van der Waals surface area contributed by atoms with Gasteiger partial charge in [-0.1, -0.05) is 18.2 Å². The standard InChI is InChI=1S/C26H23N7/c1-16-22-14-29-23-10-5-17(18-12-30-25(28-4)31-13-18)11-21(23)24(22)33(32-16)20-8-6-19(7-9-20)26(2,3)15-27/h5-14H,1-4H3,(H,28,30,31). The van der Waals surface area contributed by atoms with Gasteiger partial charge in [-0.25, -0.2) is 14.6 Å². The number of pyridine rings is 1. The predicted molar refractivity (Wildman–Crippen MR) is 130 cm³/mol. The van der Waals surface area contributed by atoms with E-state index in [2.05, 4.69) is 32.4 Å². The average Bonchev–Trinajstić information content (AvgIpc) is 3.20. The Kier molecular flexibility index (Phi) is 4.79. The van der Waals surface area contributed by atoms with Gasteiger partial charge in [-0.3, -0.25) is 4.98 Å². The smallest absolute Gasteiger partial charge is 0.222 e. The monoisotopic (exact) mass is 433 g/mol. The largest absolute Gasteiger partial charge is 0.357 e. The molecule has 0 spiro atoms. The maximum atomic E-state index is 9.46. The molecule has 7 heteroatoms. The Morgan fingerprint density at radius 3 is 2.30 bits per heavy atom. The molecular formula is C26H23N7. The molecule has 0 aliphatic carbocycles. The van der Waals surface area contributed by atoms with E-state index >= 15 is 0 Å². The van der Waals surface area contributed by atoms with Crippen LogP contribution >= 0.6 is 0 Å². The fourth-order valence-corrected chi connectivity index (χ4v) is 3.98. The van der Waals surface area contributed by atoms with E-state index in [4.69, 9.17) is 5.10 Å². The fourth-order valence-electron chi connectivity index (χ4n) is 3.98. The molecule has 0 radical (unpaired) electrons. The van der Waals surface area contributed by atoms with Gasteiger partial charge in [0.2, 0.25) is 5.95 Å². The fraction of sp³-hybridized carbons (Fsp3) is 0.192. The first-order valence-corrected chi connectivity index (χ1v) is 10.7. The lowest BCUT2D eigenvalue weighted by Gasteiger charge is -2.16. The molecule has 3 heterocycles. The van der Waals surface area contributed by atoms with Gasteiger partial charge in [0.1, 0.15) is 0 Å². The van der Waals surface area contributed by atoms with Crippen LogP contribution in [0.1, 0.15) is 25.1 Å². The Morgan fingerprint density at radius 2 is 1.64 bits per heavy atom. The Labute approximate surface area is 191 Å². The van der Waals surface area contributed by atoms with Crippen molar-refractivity contribution in [1.29, 1.82) is 5.26 Å². The number of benzene rings is 2. The molecule has 33 heavy (non-hydrogen) atoms. The van der Waals surface area contributed by atoms with Crippen molar-refractivity contribution in [2.75, 3.05) is 12.4 Å². The zero-order valence-electron chi connectivity index (χ0n) is 19.0. The minimum Gasteiger partial charge on any atom is -0.357 e. The summed E-state index contributed by atoms with van der Waals surface area (Å²) < 4.78 is 1.96. The molecule has 0 fully saturated rings. The number of rotatable bonds is 4. The molecule has 2 aromatic carbocycles. The summed E-state index contributed by atoms with van der Waals surface area (Å²) in [7, 11) is 1.80. The number of fused-ring (bicyclic) bond motifs is 3. The van der Waals surface area contributed by atoms with Crippen molar-refractivity contribution < 1.29 is 0 Å². The molecule has 0 bridgehead atoms. The molecule has 0 aliphatic rings. The molecule has 0 saturated carbocycles. The quantitative estimate of drug-likeness (QED) is 0.420. The van der Waals surface area contributed by atoms with E-state index in [0.717, 1.165) is 49.9 Å². The number of hydrogen-bond acceptors (Lipinski definition) is 6. The highest BCUT2D eigenvalue weighted by atomic mass is 15.3. The number of aromatic nitrogens is 5. The number of nitrogens with one attached hydrogen (secondary N) is 1. The van der Waals surface area contributed by atoms with E-state index in [-0.39, 0.29) is 0 Å². The van der Waals surface area contributed by atoms with Crippen molar-refractivity contribution in [2.45, 2.75) is 26.2 Å². The van der Waals surface area contributed by atoms with Gasteiger partial charge in [-0.15, -0.1) is 0 Å². The van der Waals surface area contributed by atoms with Gasteiger partial charge in [0.25, 0.3) is 0 Å². The molecule has 3 aromatic heterocycles. The third-order valence-corrected chi connectivity index (χ3v) is 6.01. The lowest BCUT2D eigenvalue weighted by molar-refractivity contribution is 0.686. The molecule has 162 valence electrons. The summed E-state index contributed by atoms with van der Waals surface area (Å²) in [5, 5.41) is 19.2. The number of aryl methyl sites for hydroxylation is 1. The van der Waals surface area contributed by atoms with Crippen molar-refractivity contribution in [3.8, 4) is 22.9 Å². The van der Waals surface area contributed by atoms with Crippen molar-refractivity contribution >= 4 is 27.8 Å². The van der Waals surface area contributed by atoms with Crippen LogP contribution in [0.2, 0.25) is 0 Å². The van der Waals surface area contributed by atoms with Crippen LogP contribution in [0.3, 0.4) is 0 Å². The molecule has 7 nitrogen and oxygen atoms in total. The topological polar surface area (TPSA) is 92.3 Å². The van der Waals surface area contributed by atoms with Crippen LogP contribution < -0.4 is 5.32 Å². The van der Waals surface area contributed by atoms with Crippen LogP contribution in [0.4, 0.5) is 5.95 Å². The molecule has 5 rings (SSSR count). The maximum absolute atomic E-state index is 9.46. The summed E-state index contributed by atoms with van der Waals surface area (Å²) in [6, 6.07) is 16.5. The second kappa shape index (κ2) is 7.68. The zero-order valence-corrected chi connectivity index (χ0v) is 19.0. The molecular weight excluding hydrogens is 410 g/mol. The van der Waals surface area contributed by atoms with Gasteiger partial charge in [-0.05, 0) is 56.2 Å². The van der Waals surface area contributed by atoms with Gasteiger partial charge >= 0.3 is 0 Å². The molecule has 0 aliphatic heterocycles. The second-order valence-corrected chi connectivity index (χ2v) is 8.58. The first-order valence-electron chi connectivity index (χ1n) is 10.7. The van der Waals surface area contributed by atoms with Crippen LogP contribution in [0.15, 0.2) is 61.1 Å². The third kappa shape index (κ3) is 3.46. The Morgan fingerprint density at radius 1 is 0.909 bits per heavy atom. The maximum Gasteiger partial charge on any atom is 0.222 e. The molecule has 1 N–H and O–H groups in total. The average molecular weight is 434 g/mol. The lowest BCUT2D eigenvalue weighted by atomic mass is 9.86. The highest BCUT2D eigenvalue weighted by molar-refractivity contribution is 6.06. The predicted octanol–water partition coefficient (Wildman–Crippen LogP) is 5.18. The molecule has 5 aromatic rings. The molecule has 0 saturated heterocycles. The van der Waals surface area contributed by atoms with Crippen LogP contribution in [0, 0.1) is 18.3 Å². The minimum absolute atomic E-state index is 0.545. The number of anilines is 1. The second-order valence-electron chi connectivity index (χ2n) is 8.58. The third-order valence-electron chi connectivity index (χ3n) is 6.01. The highest BCUT2D eigenvalue weighted by Gasteiger charge is 2.20. The van der Waals surface area contributed by atoms with Gasteiger partial charge in [-0.2, -0.15) is 10.4 Å². The van der Waals surface area contributed by atoms with Crippen molar-refractivity contribution in [3.05, 3.63) is 72.3 Å². The minimum atomic E-state index is -0.545. The van der Waals surface area contributed by atoms with Gasteiger partial charge in [0.15, 0.2) is 0 Å². The van der Waals surface area contributed by atoms with Crippen LogP contribution in [-0.2, 0) is 5.41 Å². The Hall–Kier alpha value is -4.31. The van der Waals surface area contributed by atoms with E-state index in [0.29, 0.717) is 5.95 Å². The van der Waals surface area contributed by atoms with E-state index in [1.165, 1.54) is 0 Å². The normalized spacial score (nSPS) is 11.6. The summed E-state index contributed by atoms with van der Waals surface area (Å²) in [6.45, 7) is 5.83. The summed E-state index contributed by atoms with van der Waals surface area (Å²) in [5.74, 6) is 0.584. The summed E-state index contributed by atoms with van der Waals surface area (Å²) in [6.07, 6.45) is 5.51. The van der Waals surface area contributed by atoms with Crippen LogP contribution in [0.5, 0.6) is 0 Å². The van der Waals surface area contributed by atoms with Crippen molar-refractivity contribution in [1.82, 2.24) is 24.7 Å². The van der Waals surface area contributed by atoms with Gasteiger partial charge < -0.3 is 5.32 Å². The molecule has 0 amide bonds. The summed E-state index contributed by atoms with van der Waals surface area (Å²) in [5.41, 5.74) is 6.10. The highest BCUT2D eigenvalue weighted by Crippen LogP contribution is 2.32. The van der Waals surface area contributed by atoms with Crippen molar-refractivity contribution in [3.63, 3.8) is 0 Å². The number of nitrogens with zero attached hydrogens (tertiary/aromatic N) is 6. The van der Waals surface area contributed by atoms with E-state index in [9.17, 15) is 5.26 Å². The summed E-state index contributed by atoms with van der Waals surface area (Å²) >= 11 is 0. The molecule has 0 unspecified atom stereocenters. The van der Waals surface area contributed by atoms with Gasteiger partial charge in [0, 0.05) is 42.0 Å². The van der Waals surface area contributed by atoms with E-state index < -0.39 is 5.41 Å². The Balaban J connectivity index is 1.70. The number of hydrogen-bond donors (Lipinski definition) is 1. The van der Waals surface area contributed by atoms with E-state index in [1.807, 2.05) is 80.4 Å².